The predicted octanol–water partition coefficient (Wildman–Crippen LogP) is 4.34. The second kappa shape index (κ2) is 7.50. The lowest BCUT2D eigenvalue weighted by Gasteiger charge is -2.31. The molecule has 1 saturated heterocycles. The summed E-state index contributed by atoms with van der Waals surface area (Å²) in [5.74, 6) is 0.00363. The van der Waals surface area contributed by atoms with E-state index in [1.807, 2.05) is 0 Å². The van der Waals surface area contributed by atoms with Crippen molar-refractivity contribution in [1.29, 1.82) is 0 Å². The zero-order valence-corrected chi connectivity index (χ0v) is 15.4. The monoisotopic (exact) mass is 383 g/mol. The molecule has 0 N–H and O–H groups in total. The molecule has 2 aromatic carbocycles. The number of carbonyl (C=O) groups excluding carboxylic acids is 1. The molecule has 2 heterocycles. The van der Waals surface area contributed by atoms with Crippen molar-refractivity contribution in [3.05, 3.63) is 71.1 Å². The van der Waals surface area contributed by atoms with Crippen LogP contribution in [0.2, 0.25) is 0 Å². The van der Waals surface area contributed by atoms with Crippen LogP contribution < -0.4 is 0 Å². The van der Waals surface area contributed by atoms with E-state index in [1.165, 1.54) is 24.3 Å². The molecule has 144 valence electrons. The third kappa shape index (κ3) is 3.65. The van der Waals surface area contributed by atoms with Gasteiger partial charge in [-0.25, -0.2) is 8.78 Å². The highest BCUT2D eigenvalue weighted by Gasteiger charge is 2.29. The number of nitrogens with zero attached hydrogens (tertiary/aromatic N) is 3. The van der Waals surface area contributed by atoms with Crippen LogP contribution in [0.3, 0.4) is 0 Å². The second-order valence-corrected chi connectivity index (χ2v) is 7.02. The van der Waals surface area contributed by atoms with Crippen LogP contribution in [0.5, 0.6) is 0 Å². The summed E-state index contributed by atoms with van der Waals surface area (Å²) in [4.78, 5) is 19.0. The Morgan fingerprint density at radius 1 is 1.18 bits per heavy atom. The van der Waals surface area contributed by atoms with Crippen molar-refractivity contribution in [2.75, 3.05) is 13.1 Å². The van der Waals surface area contributed by atoms with E-state index in [9.17, 15) is 13.6 Å². The largest absolute Gasteiger partial charge is 0.339 e. The molecule has 0 spiro atoms. The number of amides is 1. The zero-order valence-electron chi connectivity index (χ0n) is 15.4. The Morgan fingerprint density at radius 2 is 1.96 bits per heavy atom. The van der Waals surface area contributed by atoms with E-state index in [0.717, 1.165) is 12.8 Å². The number of benzene rings is 2. The van der Waals surface area contributed by atoms with Crippen molar-refractivity contribution in [3.63, 3.8) is 0 Å². The molecule has 1 aromatic heterocycles. The van der Waals surface area contributed by atoms with E-state index >= 15 is 0 Å². The van der Waals surface area contributed by atoms with Crippen LogP contribution in [-0.2, 0) is 0 Å². The standard InChI is InChI=1S/C21H19F2N3O2/c1-13-11-15(6-9-18(13)23)21(27)26-10-2-3-16(12-26)20-24-19(25-28-20)14-4-7-17(22)8-5-14/h4-9,11,16H,2-3,10,12H2,1H3/t16-/m0/s1. The number of piperidine rings is 1. The van der Waals surface area contributed by atoms with Crippen LogP contribution in [0.15, 0.2) is 47.0 Å². The van der Waals surface area contributed by atoms with Gasteiger partial charge in [-0.2, -0.15) is 4.98 Å². The Bertz CT molecular complexity index is 1000. The molecule has 1 aliphatic heterocycles. The highest BCUT2D eigenvalue weighted by atomic mass is 19.1. The molecule has 1 atom stereocenters. The molecule has 0 saturated carbocycles. The first kappa shape index (κ1) is 18.3. The van der Waals surface area contributed by atoms with Gasteiger partial charge in [0, 0.05) is 24.2 Å². The van der Waals surface area contributed by atoms with Gasteiger partial charge in [-0.15, -0.1) is 0 Å². The first-order valence-corrected chi connectivity index (χ1v) is 9.16. The fraction of sp³-hybridized carbons (Fsp3) is 0.286. The number of likely N-dealkylation sites (tertiary alicyclic amines) is 1. The third-order valence-electron chi connectivity index (χ3n) is 5.01. The van der Waals surface area contributed by atoms with Gasteiger partial charge in [-0.3, -0.25) is 4.79 Å². The molecule has 1 aliphatic rings. The van der Waals surface area contributed by atoms with Crippen molar-refractivity contribution in [3.8, 4) is 11.4 Å². The number of rotatable bonds is 3. The summed E-state index contributed by atoms with van der Waals surface area (Å²) in [5.41, 5.74) is 1.58. The number of aromatic nitrogens is 2. The molecule has 1 amide bonds. The van der Waals surface area contributed by atoms with Gasteiger partial charge in [0.05, 0.1) is 5.92 Å². The molecule has 28 heavy (non-hydrogen) atoms. The third-order valence-corrected chi connectivity index (χ3v) is 5.01. The summed E-state index contributed by atoms with van der Waals surface area (Å²) in [7, 11) is 0. The van der Waals surface area contributed by atoms with E-state index in [4.69, 9.17) is 4.52 Å². The van der Waals surface area contributed by atoms with Gasteiger partial charge in [0.25, 0.3) is 5.91 Å². The summed E-state index contributed by atoms with van der Waals surface area (Å²) >= 11 is 0. The maximum absolute atomic E-state index is 13.5. The molecule has 4 rings (SSSR count). The van der Waals surface area contributed by atoms with E-state index in [0.29, 0.717) is 41.5 Å². The Kier molecular flexibility index (Phi) is 4.90. The smallest absolute Gasteiger partial charge is 0.253 e. The van der Waals surface area contributed by atoms with Gasteiger partial charge in [0.2, 0.25) is 11.7 Å². The minimum Gasteiger partial charge on any atom is -0.339 e. The number of aryl methyl sites for hydroxylation is 1. The minimum absolute atomic E-state index is 0.0686. The van der Waals surface area contributed by atoms with Crippen molar-refractivity contribution >= 4 is 5.91 Å². The number of halogens is 2. The SMILES string of the molecule is Cc1cc(C(=O)N2CCC[C@H](c3nc(-c4ccc(F)cc4)no3)C2)ccc1F. The topological polar surface area (TPSA) is 59.2 Å². The molecule has 0 bridgehead atoms. The average molecular weight is 383 g/mol. The van der Waals surface area contributed by atoms with E-state index in [-0.39, 0.29) is 23.5 Å². The van der Waals surface area contributed by atoms with Crippen molar-refractivity contribution in [2.45, 2.75) is 25.7 Å². The number of hydrogen-bond acceptors (Lipinski definition) is 4. The van der Waals surface area contributed by atoms with Gasteiger partial charge < -0.3 is 9.42 Å². The first-order chi connectivity index (χ1) is 13.5. The van der Waals surface area contributed by atoms with Crippen LogP contribution in [0.4, 0.5) is 8.78 Å². The summed E-state index contributed by atoms with van der Waals surface area (Å²) < 4.78 is 32.0. The van der Waals surface area contributed by atoms with Crippen LogP contribution in [0.1, 0.15) is 40.6 Å². The second-order valence-electron chi connectivity index (χ2n) is 7.02. The van der Waals surface area contributed by atoms with E-state index in [2.05, 4.69) is 10.1 Å². The average Bonchev–Trinajstić information content (AvgIpc) is 3.20. The van der Waals surface area contributed by atoms with Gasteiger partial charge in [0.1, 0.15) is 11.6 Å². The Labute approximate surface area is 161 Å². The molecule has 3 aromatic rings. The molecule has 5 nitrogen and oxygen atoms in total. The lowest BCUT2D eigenvalue weighted by Crippen LogP contribution is -2.39. The molecule has 7 heteroatoms. The van der Waals surface area contributed by atoms with Gasteiger partial charge in [-0.05, 0) is 67.8 Å². The van der Waals surface area contributed by atoms with Crippen molar-refractivity contribution in [2.24, 2.45) is 0 Å². The van der Waals surface area contributed by atoms with Crippen LogP contribution >= 0.6 is 0 Å². The van der Waals surface area contributed by atoms with Crippen LogP contribution in [-0.4, -0.2) is 34.0 Å². The maximum Gasteiger partial charge on any atom is 0.253 e. The summed E-state index contributed by atoms with van der Waals surface area (Å²) in [5, 5.41) is 3.99. The normalized spacial score (nSPS) is 17.0. The summed E-state index contributed by atoms with van der Waals surface area (Å²) in [6.45, 7) is 2.73. The van der Waals surface area contributed by atoms with E-state index in [1.54, 1.807) is 30.0 Å². The lowest BCUT2D eigenvalue weighted by atomic mass is 9.97. The molecule has 0 unspecified atom stereocenters. The summed E-state index contributed by atoms with van der Waals surface area (Å²) in [6.07, 6.45) is 1.64. The quantitative estimate of drug-likeness (QED) is 0.675. The molecule has 0 radical (unpaired) electrons. The van der Waals surface area contributed by atoms with Gasteiger partial charge in [-0.1, -0.05) is 5.16 Å². The number of hydrogen-bond donors (Lipinski definition) is 0. The number of carbonyl (C=O) groups is 1. The molecule has 1 fully saturated rings. The highest BCUT2D eigenvalue weighted by Crippen LogP contribution is 2.28. The Balaban J connectivity index is 1.50. The Hall–Kier alpha value is -3.09. The minimum atomic E-state index is -0.329. The Morgan fingerprint density at radius 3 is 2.71 bits per heavy atom. The van der Waals surface area contributed by atoms with Crippen LogP contribution in [0, 0.1) is 18.6 Å². The molecular weight excluding hydrogens is 364 g/mol. The molecule has 0 aliphatic carbocycles. The fourth-order valence-corrected chi connectivity index (χ4v) is 3.44. The van der Waals surface area contributed by atoms with Crippen molar-refractivity contribution < 1.29 is 18.1 Å². The van der Waals surface area contributed by atoms with Crippen molar-refractivity contribution in [1.82, 2.24) is 15.0 Å². The maximum atomic E-state index is 13.5. The zero-order chi connectivity index (χ0) is 19.7. The fourth-order valence-electron chi connectivity index (χ4n) is 3.44. The van der Waals surface area contributed by atoms with E-state index < -0.39 is 0 Å². The van der Waals surface area contributed by atoms with Gasteiger partial charge in [0.15, 0.2) is 0 Å². The lowest BCUT2D eigenvalue weighted by molar-refractivity contribution is 0.0695. The molecular formula is C21H19F2N3O2. The van der Waals surface area contributed by atoms with Gasteiger partial charge >= 0.3 is 0 Å². The summed E-state index contributed by atoms with van der Waals surface area (Å²) in [6, 6.07) is 10.3. The van der Waals surface area contributed by atoms with Crippen LogP contribution in [0.25, 0.3) is 11.4 Å². The highest BCUT2D eigenvalue weighted by molar-refractivity contribution is 5.94. The predicted molar refractivity (Wildman–Crippen MR) is 98.7 cm³/mol. The first-order valence-electron chi connectivity index (χ1n) is 9.16.